The molecule has 2 aromatic heterocycles. The molecular weight excluding hydrogens is 381 g/mol. The van der Waals surface area contributed by atoms with Crippen LogP contribution in [-0.4, -0.2) is 9.97 Å². The van der Waals surface area contributed by atoms with Gasteiger partial charge in [-0.3, -0.25) is 0 Å². The number of rotatable bonds is 2. The lowest BCUT2D eigenvalue weighted by molar-refractivity contribution is 0.984. The van der Waals surface area contributed by atoms with E-state index in [-0.39, 0.29) is 0 Å². The molecule has 20 heavy (non-hydrogen) atoms. The summed E-state index contributed by atoms with van der Waals surface area (Å²) >= 11 is 3.99. The molecule has 0 amide bonds. The summed E-state index contributed by atoms with van der Waals surface area (Å²) in [4.78, 5) is 9.30. The van der Waals surface area contributed by atoms with E-state index < -0.39 is 0 Å². The van der Waals surface area contributed by atoms with Crippen LogP contribution < -0.4 is 5.73 Å². The number of benzene rings is 1. The molecule has 1 fully saturated rings. The van der Waals surface area contributed by atoms with Crippen LogP contribution in [-0.2, 0) is 0 Å². The molecule has 2 N–H and O–H groups in total. The maximum atomic E-state index is 6.08. The van der Waals surface area contributed by atoms with Crippen molar-refractivity contribution in [2.45, 2.75) is 18.8 Å². The number of nitrogen functional groups attached to an aromatic ring is 1. The standard InChI is InChI=1S/C15H12IN3S/c16-12-13(8-5-6-8)18-15(19-14(12)17)10-7-20-11-4-2-1-3-9(10)11/h1-4,7-8H,5-6H2,(H2,17,18,19). The van der Waals surface area contributed by atoms with E-state index in [1.54, 1.807) is 11.3 Å². The minimum absolute atomic E-state index is 0.579. The fourth-order valence-electron chi connectivity index (χ4n) is 2.38. The van der Waals surface area contributed by atoms with E-state index in [1.807, 2.05) is 0 Å². The first kappa shape index (κ1) is 12.5. The van der Waals surface area contributed by atoms with Gasteiger partial charge in [-0.05, 0) is 41.5 Å². The van der Waals surface area contributed by atoms with Crippen LogP contribution in [0.5, 0.6) is 0 Å². The summed E-state index contributed by atoms with van der Waals surface area (Å²) in [7, 11) is 0. The fraction of sp³-hybridized carbons (Fsp3) is 0.200. The molecule has 1 aliphatic carbocycles. The molecule has 4 rings (SSSR count). The number of aromatic nitrogens is 2. The first-order chi connectivity index (χ1) is 9.74. The molecule has 3 nitrogen and oxygen atoms in total. The highest BCUT2D eigenvalue weighted by Crippen LogP contribution is 2.43. The molecule has 5 heteroatoms. The quantitative estimate of drug-likeness (QED) is 0.656. The Balaban J connectivity index is 1.94. The predicted molar refractivity (Wildman–Crippen MR) is 92.0 cm³/mol. The van der Waals surface area contributed by atoms with E-state index in [1.165, 1.54) is 22.9 Å². The van der Waals surface area contributed by atoms with Gasteiger partial charge in [0.2, 0.25) is 0 Å². The van der Waals surface area contributed by atoms with Gasteiger partial charge in [0.25, 0.3) is 0 Å². The number of nitrogens with zero attached hydrogens (tertiary/aromatic N) is 2. The van der Waals surface area contributed by atoms with Gasteiger partial charge in [-0.15, -0.1) is 11.3 Å². The second-order valence-corrected chi connectivity index (χ2v) is 7.04. The molecule has 0 bridgehead atoms. The third-order valence-electron chi connectivity index (χ3n) is 3.59. The number of hydrogen-bond donors (Lipinski definition) is 1. The summed E-state index contributed by atoms with van der Waals surface area (Å²) in [5.74, 6) is 1.95. The third kappa shape index (κ3) is 2.00. The number of thiophene rings is 1. The minimum atomic E-state index is 0.579. The molecule has 1 saturated carbocycles. The van der Waals surface area contributed by atoms with Crippen LogP contribution in [0, 0.1) is 3.57 Å². The highest BCUT2D eigenvalue weighted by Gasteiger charge is 2.29. The van der Waals surface area contributed by atoms with Gasteiger partial charge < -0.3 is 5.73 Å². The molecule has 0 unspecified atom stereocenters. The highest BCUT2D eigenvalue weighted by molar-refractivity contribution is 14.1. The average molecular weight is 393 g/mol. The molecule has 0 spiro atoms. The number of hydrogen-bond acceptors (Lipinski definition) is 4. The summed E-state index contributed by atoms with van der Waals surface area (Å²) < 4.78 is 2.28. The van der Waals surface area contributed by atoms with Crippen LogP contribution in [0.1, 0.15) is 24.5 Å². The Hall–Kier alpha value is -1.21. The van der Waals surface area contributed by atoms with E-state index in [0.717, 1.165) is 20.7 Å². The van der Waals surface area contributed by atoms with Crippen LogP contribution in [0.3, 0.4) is 0 Å². The molecule has 0 aliphatic heterocycles. The Morgan fingerprint density at radius 3 is 2.80 bits per heavy atom. The minimum Gasteiger partial charge on any atom is -0.383 e. The predicted octanol–water partition coefficient (Wildman–Crippen LogP) is 4.42. The maximum Gasteiger partial charge on any atom is 0.163 e. The maximum absolute atomic E-state index is 6.08. The summed E-state index contributed by atoms with van der Waals surface area (Å²) in [6.07, 6.45) is 2.44. The molecule has 1 aliphatic rings. The second kappa shape index (κ2) is 4.66. The number of halogens is 1. The van der Waals surface area contributed by atoms with Gasteiger partial charge in [0.15, 0.2) is 5.82 Å². The monoisotopic (exact) mass is 393 g/mol. The fourth-order valence-corrected chi connectivity index (χ4v) is 4.00. The van der Waals surface area contributed by atoms with Crippen LogP contribution >= 0.6 is 33.9 Å². The van der Waals surface area contributed by atoms with Gasteiger partial charge in [-0.1, -0.05) is 18.2 Å². The number of fused-ring (bicyclic) bond motifs is 1. The van der Waals surface area contributed by atoms with Crippen molar-refractivity contribution >= 4 is 49.8 Å². The summed E-state index contributed by atoms with van der Waals surface area (Å²) in [5, 5.41) is 3.34. The molecule has 100 valence electrons. The Bertz CT molecular complexity index is 808. The van der Waals surface area contributed by atoms with Crippen LogP contribution in [0.2, 0.25) is 0 Å². The van der Waals surface area contributed by atoms with Crippen LogP contribution in [0.15, 0.2) is 29.6 Å². The summed E-state index contributed by atoms with van der Waals surface area (Å²) in [5.41, 5.74) is 8.30. The topological polar surface area (TPSA) is 51.8 Å². The highest BCUT2D eigenvalue weighted by atomic mass is 127. The lowest BCUT2D eigenvalue weighted by Gasteiger charge is -2.07. The largest absolute Gasteiger partial charge is 0.383 e. The zero-order valence-corrected chi connectivity index (χ0v) is 13.6. The second-order valence-electron chi connectivity index (χ2n) is 5.05. The molecule has 3 aromatic rings. The number of anilines is 1. The van der Waals surface area contributed by atoms with E-state index >= 15 is 0 Å². The van der Waals surface area contributed by atoms with Crippen molar-refractivity contribution in [2.24, 2.45) is 0 Å². The first-order valence-corrected chi connectivity index (χ1v) is 8.49. The van der Waals surface area contributed by atoms with Crippen LogP contribution in [0.25, 0.3) is 21.5 Å². The lowest BCUT2D eigenvalue weighted by Crippen LogP contribution is -2.04. The van der Waals surface area contributed by atoms with Crippen molar-refractivity contribution in [3.05, 3.63) is 38.9 Å². The van der Waals surface area contributed by atoms with E-state index in [4.69, 9.17) is 10.7 Å². The van der Waals surface area contributed by atoms with Gasteiger partial charge in [-0.25, -0.2) is 9.97 Å². The van der Waals surface area contributed by atoms with Crippen molar-refractivity contribution in [1.29, 1.82) is 0 Å². The molecule has 0 atom stereocenters. The third-order valence-corrected chi connectivity index (χ3v) is 5.66. The van der Waals surface area contributed by atoms with E-state index in [2.05, 4.69) is 57.2 Å². The van der Waals surface area contributed by atoms with E-state index in [9.17, 15) is 0 Å². The van der Waals surface area contributed by atoms with Crippen molar-refractivity contribution in [2.75, 3.05) is 5.73 Å². The van der Waals surface area contributed by atoms with Gasteiger partial charge >= 0.3 is 0 Å². The van der Waals surface area contributed by atoms with Gasteiger partial charge in [0, 0.05) is 26.9 Å². The average Bonchev–Trinajstić information content (AvgIpc) is 3.21. The Morgan fingerprint density at radius 2 is 2.00 bits per heavy atom. The lowest BCUT2D eigenvalue weighted by atomic mass is 10.1. The molecule has 1 aromatic carbocycles. The Labute approximate surface area is 134 Å². The Kier molecular flexibility index (Phi) is 2.92. The molecule has 0 saturated heterocycles. The molecular formula is C15H12IN3S. The van der Waals surface area contributed by atoms with Gasteiger partial charge in [-0.2, -0.15) is 0 Å². The van der Waals surface area contributed by atoms with Gasteiger partial charge in [0.1, 0.15) is 5.82 Å². The van der Waals surface area contributed by atoms with Gasteiger partial charge in [0.05, 0.1) is 9.26 Å². The summed E-state index contributed by atoms with van der Waals surface area (Å²) in [6.45, 7) is 0. The zero-order chi connectivity index (χ0) is 13.7. The van der Waals surface area contributed by atoms with Crippen LogP contribution in [0.4, 0.5) is 5.82 Å². The smallest absolute Gasteiger partial charge is 0.163 e. The van der Waals surface area contributed by atoms with Crippen molar-refractivity contribution in [3.63, 3.8) is 0 Å². The number of nitrogens with two attached hydrogens (primary N) is 1. The van der Waals surface area contributed by atoms with Crippen molar-refractivity contribution < 1.29 is 0 Å². The first-order valence-electron chi connectivity index (χ1n) is 6.53. The zero-order valence-electron chi connectivity index (χ0n) is 10.6. The Morgan fingerprint density at radius 1 is 1.20 bits per heavy atom. The normalized spacial score (nSPS) is 14.8. The SMILES string of the molecule is Nc1nc(-c2csc3ccccc23)nc(C2CC2)c1I. The molecule has 2 heterocycles. The van der Waals surface area contributed by atoms with Crippen molar-refractivity contribution in [3.8, 4) is 11.4 Å². The van der Waals surface area contributed by atoms with Crippen molar-refractivity contribution in [1.82, 2.24) is 9.97 Å². The molecule has 0 radical (unpaired) electrons. The van der Waals surface area contributed by atoms with E-state index in [0.29, 0.717) is 11.7 Å². The summed E-state index contributed by atoms with van der Waals surface area (Å²) in [6, 6.07) is 8.36.